The number of ether oxygens (including phenoxy) is 1. The number of nitrogens with one attached hydrogen (secondary N) is 1. The standard InChI is InChI=1S/C14H17N3O.ClH/c1-12(18-14-4-2-3-7-17-14)10-16-11-13-5-8-15-9-6-13;/h2-9,12,16H,10-11H2,1H3;1H. The van der Waals surface area contributed by atoms with Gasteiger partial charge in [0.15, 0.2) is 0 Å². The summed E-state index contributed by atoms with van der Waals surface area (Å²) in [6.45, 7) is 3.62. The maximum absolute atomic E-state index is 5.67. The molecule has 102 valence electrons. The van der Waals surface area contributed by atoms with Crippen LogP contribution in [0.2, 0.25) is 0 Å². The minimum atomic E-state index is 0. The van der Waals surface area contributed by atoms with Gasteiger partial charge in [-0.3, -0.25) is 4.98 Å². The summed E-state index contributed by atoms with van der Waals surface area (Å²) >= 11 is 0. The van der Waals surface area contributed by atoms with Crippen LogP contribution >= 0.6 is 12.4 Å². The zero-order valence-corrected chi connectivity index (χ0v) is 11.6. The second kappa shape index (κ2) is 8.45. The fourth-order valence-corrected chi connectivity index (χ4v) is 1.59. The molecule has 1 unspecified atom stereocenters. The lowest BCUT2D eigenvalue weighted by atomic mass is 10.2. The second-order valence-electron chi connectivity index (χ2n) is 4.08. The molecule has 2 heterocycles. The molecule has 1 atom stereocenters. The molecule has 5 heteroatoms. The summed E-state index contributed by atoms with van der Waals surface area (Å²) in [7, 11) is 0. The van der Waals surface area contributed by atoms with Crippen molar-refractivity contribution in [1.29, 1.82) is 0 Å². The highest BCUT2D eigenvalue weighted by Crippen LogP contribution is 2.05. The van der Waals surface area contributed by atoms with Gasteiger partial charge in [-0.1, -0.05) is 6.07 Å². The smallest absolute Gasteiger partial charge is 0.213 e. The van der Waals surface area contributed by atoms with Gasteiger partial charge in [-0.05, 0) is 30.7 Å². The van der Waals surface area contributed by atoms with Crippen molar-refractivity contribution in [2.24, 2.45) is 0 Å². The van der Waals surface area contributed by atoms with Crippen LogP contribution in [-0.2, 0) is 6.54 Å². The van der Waals surface area contributed by atoms with Crippen molar-refractivity contribution in [3.05, 3.63) is 54.5 Å². The molecular formula is C14H18ClN3O. The van der Waals surface area contributed by atoms with E-state index in [-0.39, 0.29) is 18.5 Å². The Morgan fingerprint density at radius 2 is 1.95 bits per heavy atom. The van der Waals surface area contributed by atoms with Crippen LogP contribution in [0, 0.1) is 0 Å². The zero-order valence-electron chi connectivity index (χ0n) is 10.8. The molecule has 0 spiro atoms. The number of rotatable bonds is 6. The number of pyridine rings is 2. The van der Waals surface area contributed by atoms with Gasteiger partial charge in [0.2, 0.25) is 5.88 Å². The first-order valence-electron chi connectivity index (χ1n) is 6.02. The van der Waals surface area contributed by atoms with Crippen LogP contribution in [0.3, 0.4) is 0 Å². The third-order valence-electron chi connectivity index (χ3n) is 2.47. The monoisotopic (exact) mass is 279 g/mol. The van der Waals surface area contributed by atoms with Crippen LogP contribution in [0.4, 0.5) is 0 Å². The molecule has 2 aromatic rings. The van der Waals surface area contributed by atoms with Gasteiger partial charge >= 0.3 is 0 Å². The number of nitrogens with zero attached hydrogens (tertiary/aromatic N) is 2. The predicted octanol–water partition coefficient (Wildman–Crippen LogP) is 2.46. The molecule has 0 aromatic carbocycles. The summed E-state index contributed by atoms with van der Waals surface area (Å²) in [5, 5.41) is 3.34. The topological polar surface area (TPSA) is 47.0 Å². The summed E-state index contributed by atoms with van der Waals surface area (Å²) in [5.74, 6) is 0.663. The molecule has 0 amide bonds. The van der Waals surface area contributed by atoms with Gasteiger partial charge in [0, 0.05) is 37.7 Å². The van der Waals surface area contributed by atoms with E-state index >= 15 is 0 Å². The van der Waals surface area contributed by atoms with Crippen molar-refractivity contribution in [1.82, 2.24) is 15.3 Å². The fourth-order valence-electron chi connectivity index (χ4n) is 1.59. The van der Waals surface area contributed by atoms with E-state index < -0.39 is 0 Å². The van der Waals surface area contributed by atoms with Crippen LogP contribution < -0.4 is 10.1 Å². The van der Waals surface area contributed by atoms with E-state index in [1.807, 2.05) is 37.3 Å². The number of aromatic nitrogens is 2. The second-order valence-corrected chi connectivity index (χ2v) is 4.08. The average molecular weight is 280 g/mol. The lowest BCUT2D eigenvalue weighted by Gasteiger charge is -2.14. The first kappa shape index (κ1) is 15.4. The highest BCUT2D eigenvalue weighted by Gasteiger charge is 2.03. The minimum Gasteiger partial charge on any atom is -0.473 e. The van der Waals surface area contributed by atoms with E-state index in [4.69, 9.17) is 4.74 Å². The molecule has 1 N–H and O–H groups in total. The first-order chi connectivity index (χ1) is 8.84. The Hall–Kier alpha value is -1.65. The third kappa shape index (κ3) is 5.68. The Morgan fingerprint density at radius 3 is 2.63 bits per heavy atom. The highest BCUT2D eigenvalue weighted by molar-refractivity contribution is 5.85. The van der Waals surface area contributed by atoms with Crippen molar-refractivity contribution in [3.8, 4) is 5.88 Å². The van der Waals surface area contributed by atoms with Crippen molar-refractivity contribution in [2.75, 3.05) is 6.54 Å². The van der Waals surface area contributed by atoms with Gasteiger partial charge in [0.25, 0.3) is 0 Å². The quantitative estimate of drug-likeness (QED) is 0.882. The maximum atomic E-state index is 5.67. The van der Waals surface area contributed by atoms with Crippen LogP contribution in [0.15, 0.2) is 48.9 Å². The maximum Gasteiger partial charge on any atom is 0.213 e. The number of halogens is 1. The van der Waals surface area contributed by atoms with Gasteiger partial charge in [0.05, 0.1) is 0 Å². The molecule has 0 saturated heterocycles. The first-order valence-corrected chi connectivity index (χ1v) is 6.02. The highest BCUT2D eigenvalue weighted by atomic mass is 35.5. The molecule has 0 aliphatic heterocycles. The van der Waals surface area contributed by atoms with E-state index in [0.717, 1.165) is 13.1 Å². The summed E-state index contributed by atoms with van der Waals surface area (Å²) in [6, 6.07) is 9.65. The molecule has 0 aliphatic carbocycles. The molecule has 0 aliphatic rings. The molecule has 2 rings (SSSR count). The largest absolute Gasteiger partial charge is 0.473 e. The van der Waals surface area contributed by atoms with E-state index in [2.05, 4.69) is 15.3 Å². The lowest BCUT2D eigenvalue weighted by molar-refractivity contribution is 0.208. The van der Waals surface area contributed by atoms with Crippen molar-refractivity contribution in [3.63, 3.8) is 0 Å². The third-order valence-corrected chi connectivity index (χ3v) is 2.47. The van der Waals surface area contributed by atoms with Crippen molar-refractivity contribution in [2.45, 2.75) is 19.6 Å². The Bertz CT molecular complexity index is 453. The van der Waals surface area contributed by atoms with Crippen molar-refractivity contribution < 1.29 is 4.74 Å². The van der Waals surface area contributed by atoms with Crippen LogP contribution in [0.25, 0.3) is 0 Å². The minimum absolute atomic E-state index is 0. The number of hydrogen-bond donors (Lipinski definition) is 1. The summed E-state index contributed by atoms with van der Waals surface area (Å²) < 4.78 is 5.67. The Kier molecular flexibility index (Phi) is 6.85. The average Bonchev–Trinajstić information content (AvgIpc) is 2.41. The van der Waals surface area contributed by atoms with Gasteiger partial charge in [-0.15, -0.1) is 12.4 Å². The van der Waals surface area contributed by atoms with E-state index in [1.54, 1.807) is 18.6 Å². The van der Waals surface area contributed by atoms with Crippen LogP contribution in [-0.4, -0.2) is 22.6 Å². The van der Waals surface area contributed by atoms with Gasteiger partial charge in [-0.2, -0.15) is 0 Å². The van der Waals surface area contributed by atoms with Crippen LogP contribution in [0.5, 0.6) is 5.88 Å². The lowest BCUT2D eigenvalue weighted by Crippen LogP contribution is -2.28. The van der Waals surface area contributed by atoms with E-state index in [1.165, 1.54) is 5.56 Å². The Labute approximate surface area is 119 Å². The summed E-state index contributed by atoms with van der Waals surface area (Å²) in [5.41, 5.74) is 1.22. The molecule has 19 heavy (non-hydrogen) atoms. The Morgan fingerprint density at radius 1 is 1.16 bits per heavy atom. The molecule has 0 fully saturated rings. The molecule has 0 saturated carbocycles. The van der Waals surface area contributed by atoms with Crippen molar-refractivity contribution >= 4 is 12.4 Å². The summed E-state index contributed by atoms with van der Waals surface area (Å²) in [6.07, 6.45) is 5.41. The SMILES string of the molecule is CC(CNCc1ccncc1)Oc1ccccn1.Cl. The summed E-state index contributed by atoms with van der Waals surface area (Å²) in [4.78, 5) is 8.11. The van der Waals surface area contributed by atoms with Gasteiger partial charge in [0.1, 0.15) is 6.10 Å². The van der Waals surface area contributed by atoms with E-state index in [0.29, 0.717) is 5.88 Å². The zero-order chi connectivity index (χ0) is 12.6. The number of hydrogen-bond acceptors (Lipinski definition) is 4. The molecule has 2 aromatic heterocycles. The molecular weight excluding hydrogens is 262 g/mol. The predicted molar refractivity (Wildman–Crippen MR) is 77.5 cm³/mol. The Balaban J connectivity index is 0.00000180. The fraction of sp³-hybridized carbons (Fsp3) is 0.286. The molecule has 4 nitrogen and oxygen atoms in total. The molecule has 0 radical (unpaired) electrons. The normalized spacial score (nSPS) is 11.4. The molecule has 0 bridgehead atoms. The van der Waals surface area contributed by atoms with E-state index in [9.17, 15) is 0 Å². The van der Waals surface area contributed by atoms with Crippen LogP contribution in [0.1, 0.15) is 12.5 Å². The van der Waals surface area contributed by atoms with Gasteiger partial charge < -0.3 is 10.1 Å². The van der Waals surface area contributed by atoms with Gasteiger partial charge in [-0.25, -0.2) is 4.98 Å².